The quantitative estimate of drug-likeness (QED) is 0.843. The highest BCUT2D eigenvalue weighted by atomic mass is 19.4. The van der Waals surface area contributed by atoms with Crippen LogP contribution < -0.4 is 0 Å². The summed E-state index contributed by atoms with van der Waals surface area (Å²) in [7, 11) is 0. The van der Waals surface area contributed by atoms with Crippen molar-refractivity contribution in [2.75, 3.05) is 6.61 Å². The number of aromatic nitrogens is 2. The number of alkyl halides is 3. The van der Waals surface area contributed by atoms with Crippen molar-refractivity contribution >= 4 is 11.0 Å². The summed E-state index contributed by atoms with van der Waals surface area (Å²) in [5, 5.41) is 0. The summed E-state index contributed by atoms with van der Waals surface area (Å²) < 4.78 is 45.6. The Morgan fingerprint density at radius 3 is 2.85 bits per heavy atom. The number of fused-ring (bicyclic) bond motifs is 1. The molecule has 1 unspecified atom stereocenters. The fourth-order valence-electron chi connectivity index (χ4n) is 2.65. The molecular formula is C14H15F3N2O. The molecule has 1 aromatic heterocycles. The predicted molar refractivity (Wildman–Crippen MR) is 68.4 cm³/mol. The highest BCUT2D eigenvalue weighted by Gasteiger charge is 2.31. The highest BCUT2D eigenvalue weighted by molar-refractivity contribution is 5.77. The van der Waals surface area contributed by atoms with Gasteiger partial charge in [-0.2, -0.15) is 13.2 Å². The molecule has 2 aromatic rings. The number of rotatable bonds is 2. The van der Waals surface area contributed by atoms with E-state index >= 15 is 0 Å². The molecule has 1 aliphatic rings. The molecule has 0 amide bonds. The predicted octanol–water partition coefficient (Wildman–Crippen LogP) is 3.54. The van der Waals surface area contributed by atoms with E-state index in [0.717, 1.165) is 42.9 Å². The van der Waals surface area contributed by atoms with Crippen molar-refractivity contribution in [2.45, 2.75) is 38.6 Å². The highest BCUT2D eigenvalue weighted by Crippen LogP contribution is 2.31. The average molecular weight is 284 g/mol. The number of benzene rings is 1. The Hall–Kier alpha value is -1.56. The van der Waals surface area contributed by atoms with E-state index in [1.54, 1.807) is 0 Å². The molecule has 0 spiro atoms. The second-order valence-electron chi connectivity index (χ2n) is 5.11. The average Bonchev–Trinajstić information content (AvgIpc) is 2.97. The normalized spacial score (nSPS) is 19.9. The van der Waals surface area contributed by atoms with Crippen LogP contribution in [0.3, 0.4) is 0 Å². The van der Waals surface area contributed by atoms with E-state index in [-0.39, 0.29) is 6.10 Å². The van der Waals surface area contributed by atoms with Crippen LogP contribution >= 0.6 is 0 Å². The summed E-state index contributed by atoms with van der Waals surface area (Å²) in [6, 6.07) is 3.71. The first-order chi connectivity index (χ1) is 9.45. The van der Waals surface area contributed by atoms with Gasteiger partial charge in [-0.1, -0.05) is 0 Å². The van der Waals surface area contributed by atoms with E-state index in [4.69, 9.17) is 4.74 Å². The third-order valence-electron chi connectivity index (χ3n) is 3.68. The molecule has 0 aliphatic carbocycles. The van der Waals surface area contributed by atoms with Crippen molar-refractivity contribution in [1.82, 2.24) is 9.55 Å². The Kier molecular flexibility index (Phi) is 3.20. The number of ether oxygens (including phenoxy) is 1. The summed E-state index contributed by atoms with van der Waals surface area (Å²) in [5.41, 5.74) is 0.452. The van der Waals surface area contributed by atoms with E-state index in [9.17, 15) is 13.2 Å². The molecule has 0 saturated carbocycles. The van der Waals surface area contributed by atoms with Crippen molar-refractivity contribution < 1.29 is 17.9 Å². The molecule has 6 heteroatoms. The SMILES string of the molecule is Cc1nc2cc(C(F)(F)F)ccc2n1CC1CCCO1. The van der Waals surface area contributed by atoms with Gasteiger partial charge < -0.3 is 9.30 Å². The molecule has 0 N–H and O–H groups in total. The lowest BCUT2D eigenvalue weighted by Crippen LogP contribution is -2.15. The van der Waals surface area contributed by atoms with Crippen LogP contribution in [-0.4, -0.2) is 22.3 Å². The topological polar surface area (TPSA) is 27.1 Å². The molecule has 1 atom stereocenters. The smallest absolute Gasteiger partial charge is 0.376 e. The molecule has 20 heavy (non-hydrogen) atoms. The minimum Gasteiger partial charge on any atom is -0.376 e. The van der Waals surface area contributed by atoms with Gasteiger partial charge in [0.25, 0.3) is 0 Å². The van der Waals surface area contributed by atoms with Crippen molar-refractivity contribution in [3.8, 4) is 0 Å². The lowest BCUT2D eigenvalue weighted by atomic mass is 10.2. The van der Waals surface area contributed by atoms with Gasteiger partial charge in [0.2, 0.25) is 0 Å². The van der Waals surface area contributed by atoms with Crippen LogP contribution in [0, 0.1) is 6.92 Å². The third-order valence-corrected chi connectivity index (χ3v) is 3.68. The summed E-state index contributed by atoms with van der Waals surface area (Å²) in [6.45, 7) is 3.21. The monoisotopic (exact) mass is 284 g/mol. The van der Waals surface area contributed by atoms with Crippen LogP contribution in [0.2, 0.25) is 0 Å². The standard InChI is InChI=1S/C14H15F3N2O/c1-9-18-12-7-10(14(15,16)17)4-5-13(12)19(9)8-11-3-2-6-20-11/h4-5,7,11H,2-3,6,8H2,1H3. The molecule has 0 radical (unpaired) electrons. The van der Waals surface area contributed by atoms with Gasteiger partial charge in [0, 0.05) is 6.61 Å². The lowest BCUT2D eigenvalue weighted by Gasteiger charge is -2.13. The number of halogens is 3. The molecular weight excluding hydrogens is 269 g/mol. The fraction of sp³-hybridized carbons (Fsp3) is 0.500. The van der Waals surface area contributed by atoms with E-state index in [1.807, 2.05) is 11.5 Å². The summed E-state index contributed by atoms with van der Waals surface area (Å²) in [5.74, 6) is 0.717. The Labute approximate surface area is 114 Å². The first kappa shape index (κ1) is 13.4. The number of nitrogens with zero attached hydrogens (tertiary/aromatic N) is 2. The second-order valence-corrected chi connectivity index (χ2v) is 5.11. The molecule has 1 aliphatic heterocycles. The van der Waals surface area contributed by atoms with Gasteiger partial charge in [0.1, 0.15) is 5.82 Å². The van der Waals surface area contributed by atoms with Gasteiger partial charge in [0.05, 0.1) is 29.2 Å². The maximum absolute atomic E-state index is 12.7. The summed E-state index contributed by atoms with van der Waals surface area (Å²) in [4.78, 5) is 4.24. The van der Waals surface area contributed by atoms with E-state index in [1.165, 1.54) is 6.07 Å². The zero-order chi connectivity index (χ0) is 14.3. The van der Waals surface area contributed by atoms with Crippen molar-refractivity contribution in [3.05, 3.63) is 29.6 Å². The van der Waals surface area contributed by atoms with Gasteiger partial charge in [-0.15, -0.1) is 0 Å². The molecule has 3 rings (SSSR count). The minimum atomic E-state index is -4.33. The second kappa shape index (κ2) is 4.77. The maximum Gasteiger partial charge on any atom is 0.416 e. The Bertz CT molecular complexity index is 627. The minimum absolute atomic E-state index is 0.133. The van der Waals surface area contributed by atoms with Gasteiger partial charge >= 0.3 is 6.18 Å². The van der Waals surface area contributed by atoms with E-state index < -0.39 is 11.7 Å². The summed E-state index contributed by atoms with van der Waals surface area (Å²) in [6.07, 6.45) is -2.18. The first-order valence-electron chi connectivity index (χ1n) is 6.61. The van der Waals surface area contributed by atoms with Crippen LogP contribution in [0.25, 0.3) is 11.0 Å². The number of imidazole rings is 1. The van der Waals surface area contributed by atoms with Crippen molar-refractivity contribution in [1.29, 1.82) is 0 Å². The molecule has 0 bridgehead atoms. The molecule has 1 fully saturated rings. The van der Waals surface area contributed by atoms with E-state index in [2.05, 4.69) is 4.98 Å². The zero-order valence-electron chi connectivity index (χ0n) is 11.1. The van der Waals surface area contributed by atoms with E-state index in [0.29, 0.717) is 12.1 Å². The lowest BCUT2D eigenvalue weighted by molar-refractivity contribution is -0.137. The number of aryl methyl sites for hydroxylation is 1. The van der Waals surface area contributed by atoms with Crippen LogP contribution in [-0.2, 0) is 17.5 Å². The van der Waals surface area contributed by atoms with Gasteiger partial charge in [-0.25, -0.2) is 4.98 Å². The van der Waals surface area contributed by atoms with Gasteiger partial charge in [-0.05, 0) is 38.0 Å². The van der Waals surface area contributed by atoms with Crippen LogP contribution in [0.15, 0.2) is 18.2 Å². The number of hydrogen-bond donors (Lipinski definition) is 0. The maximum atomic E-state index is 12.7. The van der Waals surface area contributed by atoms with Gasteiger partial charge in [-0.3, -0.25) is 0 Å². The molecule has 3 nitrogen and oxygen atoms in total. The fourth-order valence-corrected chi connectivity index (χ4v) is 2.65. The molecule has 1 saturated heterocycles. The Morgan fingerprint density at radius 1 is 1.40 bits per heavy atom. The zero-order valence-corrected chi connectivity index (χ0v) is 11.1. The molecule has 1 aromatic carbocycles. The largest absolute Gasteiger partial charge is 0.416 e. The number of hydrogen-bond acceptors (Lipinski definition) is 2. The molecule has 2 heterocycles. The summed E-state index contributed by atoms with van der Waals surface area (Å²) >= 11 is 0. The molecule has 108 valence electrons. The Balaban J connectivity index is 1.98. The van der Waals surface area contributed by atoms with Crippen LogP contribution in [0.4, 0.5) is 13.2 Å². The van der Waals surface area contributed by atoms with Crippen molar-refractivity contribution in [2.24, 2.45) is 0 Å². The van der Waals surface area contributed by atoms with Crippen molar-refractivity contribution in [3.63, 3.8) is 0 Å². The third kappa shape index (κ3) is 2.40. The van der Waals surface area contributed by atoms with Crippen LogP contribution in [0.1, 0.15) is 24.2 Å². The Morgan fingerprint density at radius 2 is 2.20 bits per heavy atom. The van der Waals surface area contributed by atoms with Gasteiger partial charge in [0.15, 0.2) is 0 Å². The first-order valence-corrected chi connectivity index (χ1v) is 6.61. The van der Waals surface area contributed by atoms with Crippen LogP contribution in [0.5, 0.6) is 0 Å².